The Morgan fingerprint density at radius 1 is 1.33 bits per heavy atom. The molecule has 1 saturated heterocycles. The largest absolute Gasteiger partial charge is 0.416 e. The Morgan fingerprint density at radius 3 is 2.44 bits per heavy atom. The molecule has 1 radical (unpaired) electrons. The number of hydrogen-bond donors (Lipinski definition) is 0. The van der Waals surface area contributed by atoms with E-state index in [9.17, 15) is 0 Å². The van der Waals surface area contributed by atoms with E-state index in [-0.39, 0.29) is 9.04 Å². The van der Waals surface area contributed by atoms with Crippen LogP contribution < -0.4 is 0 Å². The molecule has 0 N–H and O–H groups in total. The Labute approximate surface area is 59.1 Å². The molecule has 0 unspecified atom stereocenters. The van der Waals surface area contributed by atoms with Crippen molar-refractivity contribution >= 4 is 9.04 Å². The normalized spacial score (nSPS) is 23.0. The predicted octanol–water partition coefficient (Wildman–Crippen LogP) is 2.20. The van der Waals surface area contributed by atoms with Crippen LogP contribution in [0.5, 0.6) is 0 Å². The minimum absolute atomic E-state index is 0.365. The van der Waals surface area contributed by atoms with Gasteiger partial charge in [0.2, 0.25) is 9.04 Å². The van der Waals surface area contributed by atoms with Crippen LogP contribution in [-0.2, 0) is 4.43 Å². The van der Waals surface area contributed by atoms with Gasteiger partial charge in [-0.15, -0.1) is 0 Å². The summed E-state index contributed by atoms with van der Waals surface area (Å²) < 4.78 is 5.64. The van der Waals surface area contributed by atoms with E-state index in [1.807, 2.05) is 0 Å². The second-order valence-corrected chi connectivity index (χ2v) is 5.80. The van der Waals surface area contributed by atoms with Crippen LogP contribution >= 0.6 is 0 Å². The zero-order chi connectivity index (χ0) is 6.69. The molecule has 0 aliphatic carbocycles. The van der Waals surface area contributed by atoms with Crippen LogP contribution in [0, 0.1) is 0 Å². The molecule has 1 aliphatic rings. The van der Waals surface area contributed by atoms with Gasteiger partial charge in [-0.25, -0.2) is 0 Å². The Hall–Kier alpha value is 0.177. The molecule has 0 aromatic rings. The Bertz CT molecular complexity index is 77.0. The molecule has 0 saturated carbocycles. The van der Waals surface area contributed by atoms with Crippen molar-refractivity contribution in [1.29, 1.82) is 0 Å². The van der Waals surface area contributed by atoms with Crippen molar-refractivity contribution in [2.45, 2.75) is 38.3 Å². The molecule has 1 aliphatic heterocycles. The molecule has 9 heavy (non-hydrogen) atoms. The summed E-state index contributed by atoms with van der Waals surface area (Å²) in [6, 6.07) is 1.38. The maximum absolute atomic E-state index is 5.64. The third-order valence-corrected chi connectivity index (χ3v) is 4.46. The molecule has 1 nitrogen and oxygen atoms in total. The smallest absolute Gasteiger partial charge is 0.214 e. The molecular weight excluding hydrogens is 128 g/mol. The molecule has 2 heteroatoms. The summed E-state index contributed by atoms with van der Waals surface area (Å²) in [6.45, 7) is 5.59. The van der Waals surface area contributed by atoms with E-state index in [1.165, 1.54) is 18.9 Å². The lowest BCUT2D eigenvalue weighted by atomic mass is 10.4. The number of rotatable bonds is 1. The van der Waals surface area contributed by atoms with Gasteiger partial charge in [0.15, 0.2) is 0 Å². The zero-order valence-electron chi connectivity index (χ0n) is 6.31. The van der Waals surface area contributed by atoms with Gasteiger partial charge in [-0.05, 0) is 18.0 Å². The van der Waals surface area contributed by atoms with Crippen LogP contribution in [0.2, 0.25) is 11.6 Å². The molecule has 0 atom stereocenters. The number of hydrogen-bond acceptors (Lipinski definition) is 1. The first-order valence-electron chi connectivity index (χ1n) is 3.79. The SMILES string of the molecule is CC(C)[Si]1CCCCO1. The van der Waals surface area contributed by atoms with E-state index < -0.39 is 0 Å². The summed E-state index contributed by atoms with van der Waals surface area (Å²) in [5.74, 6) is 0. The van der Waals surface area contributed by atoms with Gasteiger partial charge in [-0.1, -0.05) is 20.3 Å². The molecule has 0 aromatic carbocycles. The highest BCUT2D eigenvalue weighted by molar-refractivity contribution is 6.53. The van der Waals surface area contributed by atoms with E-state index in [1.54, 1.807) is 0 Å². The minimum atomic E-state index is -0.365. The van der Waals surface area contributed by atoms with Gasteiger partial charge in [0.25, 0.3) is 0 Å². The average Bonchev–Trinajstić information content (AvgIpc) is 1.90. The van der Waals surface area contributed by atoms with Crippen molar-refractivity contribution in [3.8, 4) is 0 Å². The maximum Gasteiger partial charge on any atom is 0.214 e. The van der Waals surface area contributed by atoms with Crippen LogP contribution in [0.1, 0.15) is 26.7 Å². The van der Waals surface area contributed by atoms with Gasteiger partial charge in [-0.3, -0.25) is 0 Å². The fraction of sp³-hybridized carbons (Fsp3) is 1.00. The van der Waals surface area contributed by atoms with Crippen molar-refractivity contribution < 1.29 is 4.43 Å². The lowest BCUT2D eigenvalue weighted by Gasteiger charge is -2.22. The van der Waals surface area contributed by atoms with Crippen LogP contribution in [0.25, 0.3) is 0 Å². The van der Waals surface area contributed by atoms with E-state index in [2.05, 4.69) is 13.8 Å². The van der Waals surface area contributed by atoms with E-state index in [4.69, 9.17) is 4.43 Å². The zero-order valence-corrected chi connectivity index (χ0v) is 7.31. The van der Waals surface area contributed by atoms with Gasteiger partial charge in [0, 0.05) is 6.61 Å². The van der Waals surface area contributed by atoms with Crippen LogP contribution in [0.15, 0.2) is 0 Å². The monoisotopic (exact) mass is 143 g/mol. The summed E-state index contributed by atoms with van der Waals surface area (Å²) in [7, 11) is -0.365. The summed E-state index contributed by atoms with van der Waals surface area (Å²) >= 11 is 0. The molecule has 0 spiro atoms. The first kappa shape index (κ1) is 7.29. The first-order chi connectivity index (χ1) is 4.30. The van der Waals surface area contributed by atoms with Crippen molar-refractivity contribution in [3.63, 3.8) is 0 Å². The minimum Gasteiger partial charge on any atom is -0.416 e. The predicted molar refractivity (Wildman–Crippen MR) is 40.8 cm³/mol. The molecule has 53 valence electrons. The lowest BCUT2D eigenvalue weighted by molar-refractivity contribution is 0.281. The quantitative estimate of drug-likeness (QED) is 0.511. The van der Waals surface area contributed by atoms with E-state index in [0.29, 0.717) is 0 Å². The van der Waals surface area contributed by atoms with E-state index in [0.717, 1.165) is 12.1 Å². The molecule has 0 amide bonds. The van der Waals surface area contributed by atoms with Crippen molar-refractivity contribution in [1.82, 2.24) is 0 Å². The standard InChI is InChI=1S/C7H15OSi/c1-7(2)9-6-4-3-5-8-9/h7H,3-6H2,1-2H3. The molecule has 1 rings (SSSR count). The summed E-state index contributed by atoms with van der Waals surface area (Å²) in [6.07, 6.45) is 2.70. The van der Waals surface area contributed by atoms with Crippen LogP contribution in [-0.4, -0.2) is 15.6 Å². The van der Waals surface area contributed by atoms with Gasteiger partial charge in [-0.2, -0.15) is 0 Å². The van der Waals surface area contributed by atoms with Crippen molar-refractivity contribution in [3.05, 3.63) is 0 Å². The first-order valence-corrected chi connectivity index (χ1v) is 5.48. The fourth-order valence-electron chi connectivity index (χ4n) is 1.13. The molecule has 1 heterocycles. The van der Waals surface area contributed by atoms with E-state index >= 15 is 0 Å². The Morgan fingerprint density at radius 2 is 2.11 bits per heavy atom. The van der Waals surface area contributed by atoms with Gasteiger partial charge in [0.05, 0.1) is 0 Å². The van der Waals surface area contributed by atoms with Crippen LogP contribution in [0.4, 0.5) is 0 Å². The summed E-state index contributed by atoms with van der Waals surface area (Å²) in [5.41, 5.74) is 0.815. The Balaban J connectivity index is 2.23. The molecule has 0 aromatic heterocycles. The highest BCUT2D eigenvalue weighted by atomic mass is 28.3. The second kappa shape index (κ2) is 3.37. The topological polar surface area (TPSA) is 9.23 Å². The second-order valence-electron chi connectivity index (χ2n) is 2.93. The van der Waals surface area contributed by atoms with Gasteiger partial charge < -0.3 is 4.43 Å². The lowest BCUT2D eigenvalue weighted by Crippen LogP contribution is -2.25. The molecule has 1 fully saturated rings. The molecule has 0 bridgehead atoms. The third kappa shape index (κ3) is 2.10. The summed E-state index contributed by atoms with van der Waals surface area (Å²) in [4.78, 5) is 0. The fourth-order valence-corrected chi connectivity index (χ4v) is 3.19. The van der Waals surface area contributed by atoms with Gasteiger partial charge in [0.1, 0.15) is 0 Å². The van der Waals surface area contributed by atoms with Crippen LogP contribution in [0.3, 0.4) is 0 Å². The maximum atomic E-state index is 5.64. The van der Waals surface area contributed by atoms with Gasteiger partial charge >= 0.3 is 0 Å². The third-order valence-electron chi connectivity index (χ3n) is 1.75. The highest BCUT2D eigenvalue weighted by Gasteiger charge is 2.20. The van der Waals surface area contributed by atoms with Crippen molar-refractivity contribution in [2.75, 3.05) is 6.61 Å². The summed E-state index contributed by atoms with van der Waals surface area (Å²) in [5, 5.41) is 0. The highest BCUT2D eigenvalue weighted by Crippen LogP contribution is 2.19. The average molecular weight is 143 g/mol. The Kier molecular flexibility index (Phi) is 2.73. The molecular formula is C7H15OSi. The van der Waals surface area contributed by atoms with Crippen molar-refractivity contribution in [2.24, 2.45) is 0 Å².